The van der Waals surface area contributed by atoms with Crippen LogP contribution in [-0.4, -0.2) is 29.7 Å². The van der Waals surface area contributed by atoms with Crippen molar-refractivity contribution in [1.29, 1.82) is 0 Å². The molecule has 4 nitrogen and oxygen atoms in total. The van der Waals surface area contributed by atoms with Crippen molar-refractivity contribution in [1.82, 2.24) is 4.90 Å². The number of carbonyl (C=O) groups is 1. The van der Waals surface area contributed by atoms with Gasteiger partial charge in [0, 0.05) is 18.7 Å². The Morgan fingerprint density at radius 2 is 2.08 bits per heavy atom. The van der Waals surface area contributed by atoms with Gasteiger partial charge in [0.15, 0.2) is 0 Å². The van der Waals surface area contributed by atoms with E-state index in [1.54, 1.807) is 6.26 Å². The molecule has 0 aliphatic carbocycles. The van der Waals surface area contributed by atoms with Crippen LogP contribution in [0.25, 0.3) is 11.3 Å². The van der Waals surface area contributed by atoms with Gasteiger partial charge in [-0.15, -0.1) is 0 Å². The Morgan fingerprint density at radius 1 is 1.29 bits per heavy atom. The van der Waals surface area contributed by atoms with E-state index in [9.17, 15) is 4.79 Å². The van der Waals surface area contributed by atoms with Crippen LogP contribution in [0, 0.1) is 0 Å². The molecule has 24 heavy (non-hydrogen) atoms. The standard InChI is InChI=1S/C20H25NO3/c1-14-13-21(19(22)24-20(2,3)4)10-9-15-7-8-16(12-17(14)15)18-6-5-11-23-18/h5-8,11-12,14H,9-10,13H2,1-4H3. The first-order valence-corrected chi connectivity index (χ1v) is 8.48. The molecule has 0 N–H and O–H groups in total. The molecule has 2 heterocycles. The SMILES string of the molecule is CC1CN(C(=O)OC(C)(C)C)CCc2ccc(-c3ccco3)cc21. The van der Waals surface area contributed by atoms with E-state index < -0.39 is 5.60 Å². The zero-order valence-electron chi connectivity index (χ0n) is 14.8. The molecule has 1 aliphatic rings. The summed E-state index contributed by atoms with van der Waals surface area (Å²) in [4.78, 5) is 14.2. The first kappa shape index (κ1) is 16.6. The molecule has 0 radical (unpaired) electrons. The van der Waals surface area contributed by atoms with Crippen molar-refractivity contribution in [2.45, 2.75) is 45.6 Å². The number of benzene rings is 1. The van der Waals surface area contributed by atoms with Gasteiger partial charge >= 0.3 is 6.09 Å². The smallest absolute Gasteiger partial charge is 0.410 e. The summed E-state index contributed by atoms with van der Waals surface area (Å²) in [5.74, 6) is 1.13. The molecule has 1 aromatic heterocycles. The maximum Gasteiger partial charge on any atom is 0.410 e. The van der Waals surface area contributed by atoms with Gasteiger partial charge in [-0.05, 0) is 62.4 Å². The van der Waals surface area contributed by atoms with E-state index in [1.807, 2.05) is 37.8 Å². The topological polar surface area (TPSA) is 42.7 Å². The maximum absolute atomic E-state index is 12.4. The number of hydrogen-bond acceptors (Lipinski definition) is 3. The molecule has 0 saturated heterocycles. The highest BCUT2D eigenvalue weighted by Crippen LogP contribution is 2.31. The second-order valence-corrected chi connectivity index (χ2v) is 7.47. The lowest BCUT2D eigenvalue weighted by Gasteiger charge is -2.27. The minimum atomic E-state index is -0.466. The van der Waals surface area contributed by atoms with Gasteiger partial charge in [-0.25, -0.2) is 4.79 Å². The van der Waals surface area contributed by atoms with Crippen molar-refractivity contribution in [3.63, 3.8) is 0 Å². The molecule has 2 aromatic rings. The lowest BCUT2D eigenvalue weighted by Crippen LogP contribution is -2.38. The Morgan fingerprint density at radius 3 is 2.75 bits per heavy atom. The molecule has 1 amide bonds. The van der Waals surface area contributed by atoms with Gasteiger partial charge in [0.2, 0.25) is 0 Å². The Kier molecular flexibility index (Phi) is 4.39. The van der Waals surface area contributed by atoms with E-state index in [0.29, 0.717) is 13.1 Å². The van der Waals surface area contributed by atoms with Crippen LogP contribution < -0.4 is 0 Å². The zero-order valence-corrected chi connectivity index (χ0v) is 14.8. The van der Waals surface area contributed by atoms with Crippen LogP contribution in [0.1, 0.15) is 44.7 Å². The van der Waals surface area contributed by atoms with Crippen LogP contribution in [-0.2, 0) is 11.2 Å². The number of fused-ring (bicyclic) bond motifs is 1. The summed E-state index contributed by atoms with van der Waals surface area (Å²) in [5, 5.41) is 0. The van der Waals surface area contributed by atoms with Crippen molar-refractivity contribution >= 4 is 6.09 Å². The molecule has 3 rings (SSSR count). The van der Waals surface area contributed by atoms with Crippen LogP contribution >= 0.6 is 0 Å². The Balaban J connectivity index is 1.81. The van der Waals surface area contributed by atoms with Crippen molar-refractivity contribution in [2.24, 2.45) is 0 Å². The van der Waals surface area contributed by atoms with E-state index in [2.05, 4.69) is 25.1 Å². The second kappa shape index (κ2) is 6.34. The average Bonchev–Trinajstić information content (AvgIpc) is 2.98. The third-order valence-electron chi connectivity index (χ3n) is 4.28. The summed E-state index contributed by atoms with van der Waals surface area (Å²) in [6, 6.07) is 10.3. The van der Waals surface area contributed by atoms with Crippen molar-refractivity contribution in [2.75, 3.05) is 13.1 Å². The molecule has 128 valence electrons. The quantitative estimate of drug-likeness (QED) is 0.752. The Hall–Kier alpha value is -2.23. The van der Waals surface area contributed by atoms with E-state index in [-0.39, 0.29) is 12.0 Å². The first-order chi connectivity index (χ1) is 11.3. The predicted molar refractivity (Wildman–Crippen MR) is 94.1 cm³/mol. The number of hydrogen-bond donors (Lipinski definition) is 0. The summed E-state index contributed by atoms with van der Waals surface area (Å²) in [6.45, 7) is 9.22. The molecule has 1 unspecified atom stereocenters. The van der Waals surface area contributed by atoms with Crippen molar-refractivity contribution in [3.8, 4) is 11.3 Å². The number of amides is 1. The third kappa shape index (κ3) is 3.64. The lowest BCUT2D eigenvalue weighted by molar-refractivity contribution is 0.0248. The minimum Gasteiger partial charge on any atom is -0.464 e. The second-order valence-electron chi connectivity index (χ2n) is 7.47. The van der Waals surface area contributed by atoms with Gasteiger partial charge in [0.05, 0.1) is 6.26 Å². The predicted octanol–water partition coefficient (Wildman–Crippen LogP) is 4.84. The number of furan rings is 1. The molecule has 1 aliphatic heterocycles. The van der Waals surface area contributed by atoms with Gasteiger partial charge in [-0.2, -0.15) is 0 Å². The summed E-state index contributed by atoms with van der Waals surface area (Å²) in [7, 11) is 0. The molecule has 1 atom stereocenters. The molecule has 0 fully saturated rings. The van der Waals surface area contributed by atoms with Crippen LogP contribution in [0.4, 0.5) is 4.79 Å². The van der Waals surface area contributed by atoms with Gasteiger partial charge in [-0.3, -0.25) is 0 Å². The van der Waals surface area contributed by atoms with E-state index >= 15 is 0 Å². The van der Waals surface area contributed by atoms with Crippen LogP contribution in [0.2, 0.25) is 0 Å². The normalized spacial score (nSPS) is 18.0. The highest BCUT2D eigenvalue weighted by molar-refractivity contribution is 5.69. The van der Waals surface area contributed by atoms with Gasteiger partial charge in [-0.1, -0.05) is 19.1 Å². The number of ether oxygens (including phenoxy) is 1. The molecule has 0 spiro atoms. The highest BCUT2D eigenvalue weighted by Gasteiger charge is 2.27. The summed E-state index contributed by atoms with van der Waals surface area (Å²) < 4.78 is 11.0. The fourth-order valence-electron chi connectivity index (χ4n) is 3.15. The van der Waals surface area contributed by atoms with Gasteiger partial charge in [0.25, 0.3) is 0 Å². The average molecular weight is 327 g/mol. The minimum absolute atomic E-state index is 0.228. The summed E-state index contributed by atoms with van der Waals surface area (Å²) in [5.41, 5.74) is 3.20. The number of carbonyl (C=O) groups excluding carboxylic acids is 1. The van der Waals surface area contributed by atoms with Crippen molar-refractivity contribution in [3.05, 3.63) is 47.7 Å². The lowest BCUT2D eigenvalue weighted by atomic mass is 9.93. The van der Waals surface area contributed by atoms with Crippen LogP contribution in [0.3, 0.4) is 0 Å². The van der Waals surface area contributed by atoms with E-state index in [4.69, 9.17) is 9.15 Å². The van der Waals surface area contributed by atoms with E-state index in [0.717, 1.165) is 17.7 Å². The highest BCUT2D eigenvalue weighted by atomic mass is 16.6. The summed E-state index contributed by atoms with van der Waals surface area (Å²) >= 11 is 0. The molecule has 1 aromatic carbocycles. The largest absolute Gasteiger partial charge is 0.464 e. The Bertz CT molecular complexity index is 713. The van der Waals surface area contributed by atoms with Crippen LogP contribution in [0.5, 0.6) is 0 Å². The third-order valence-corrected chi connectivity index (χ3v) is 4.28. The van der Waals surface area contributed by atoms with Gasteiger partial charge in [0.1, 0.15) is 11.4 Å². The molecule has 4 heteroatoms. The van der Waals surface area contributed by atoms with Crippen molar-refractivity contribution < 1.29 is 13.9 Å². The fraction of sp³-hybridized carbons (Fsp3) is 0.450. The first-order valence-electron chi connectivity index (χ1n) is 8.48. The van der Waals surface area contributed by atoms with Crippen LogP contribution in [0.15, 0.2) is 41.0 Å². The maximum atomic E-state index is 12.4. The molecular weight excluding hydrogens is 302 g/mol. The number of nitrogens with zero attached hydrogens (tertiary/aromatic N) is 1. The van der Waals surface area contributed by atoms with E-state index in [1.165, 1.54) is 11.1 Å². The molecule has 0 saturated carbocycles. The summed E-state index contributed by atoms with van der Waals surface area (Å²) in [6.07, 6.45) is 2.31. The number of rotatable bonds is 1. The molecule has 0 bridgehead atoms. The Labute approximate surface area is 143 Å². The fourth-order valence-corrected chi connectivity index (χ4v) is 3.15. The zero-order chi connectivity index (χ0) is 17.3. The molecular formula is C20H25NO3. The monoisotopic (exact) mass is 327 g/mol. The van der Waals surface area contributed by atoms with Gasteiger partial charge < -0.3 is 14.1 Å².